The fourth-order valence-corrected chi connectivity index (χ4v) is 4.52. The average molecular weight is 434 g/mol. The van der Waals surface area contributed by atoms with Gasteiger partial charge in [-0.3, -0.25) is 4.57 Å². The molecule has 0 radical (unpaired) electrons. The molecule has 0 spiro atoms. The lowest BCUT2D eigenvalue weighted by Gasteiger charge is -2.22. The molecule has 180 valence electrons. The molecule has 1 unspecified atom stereocenters. The van der Waals surface area contributed by atoms with Crippen molar-refractivity contribution in [1.82, 2.24) is 4.57 Å². The first-order valence-electron chi connectivity index (χ1n) is 13.4. The quantitative estimate of drug-likeness (QED) is 0.159. The third-order valence-electron chi connectivity index (χ3n) is 6.57. The van der Waals surface area contributed by atoms with E-state index in [4.69, 9.17) is 0 Å². The fourth-order valence-electron chi connectivity index (χ4n) is 4.52. The van der Waals surface area contributed by atoms with Crippen LogP contribution in [0.2, 0.25) is 0 Å². The maximum Gasteiger partial charge on any atom is 0.194 e. The van der Waals surface area contributed by atoms with Crippen LogP contribution in [0.5, 0.6) is 11.8 Å². The van der Waals surface area contributed by atoms with Crippen molar-refractivity contribution in [2.45, 2.75) is 142 Å². The molecule has 3 heteroatoms. The van der Waals surface area contributed by atoms with Crippen LogP contribution in [0.3, 0.4) is 0 Å². The predicted molar refractivity (Wildman–Crippen MR) is 135 cm³/mol. The molecular weight excluding hydrogens is 382 g/mol. The Labute approximate surface area is 193 Å². The Morgan fingerprint density at radius 2 is 1.13 bits per heavy atom. The first-order chi connectivity index (χ1) is 15.1. The summed E-state index contributed by atoms with van der Waals surface area (Å²) in [4.78, 5) is 0. The van der Waals surface area contributed by atoms with Crippen LogP contribution < -0.4 is 0 Å². The van der Waals surface area contributed by atoms with Crippen molar-refractivity contribution in [1.29, 1.82) is 0 Å². The Bertz CT molecular complexity index is 556. The summed E-state index contributed by atoms with van der Waals surface area (Å²) in [6.45, 7) is 6.66. The summed E-state index contributed by atoms with van der Waals surface area (Å²) in [7, 11) is 0. The van der Waals surface area contributed by atoms with E-state index in [9.17, 15) is 10.2 Å². The van der Waals surface area contributed by atoms with Gasteiger partial charge in [0, 0.05) is 12.1 Å². The van der Waals surface area contributed by atoms with Crippen LogP contribution in [0.25, 0.3) is 0 Å². The van der Waals surface area contributed by atoms with Gasteiger partial charge in [-0.25, -0.2) is 0 Å². The van der Waals surface area contributed by atoms with E-state index in [1.165, 1.54) is 102 Å². The van der Waals surface area contributed by atoms with E-state index in [0.717, 1.165) is 19.3 Å². The second kappa shape index (κ2) is 18.2. The maximum absolute atomic E-state index is 10.2. The highest BCUT2D eigenvalue weighted by molar-refractivity contribution is 5.28. The van der Waals surface area contributed by atoms with Crippen LogP contribution in [0.4, 0.5) is 0 Å². The number of hydrogen-bond acceptors (Lipinski definition) is 2. The van der Waals surface area contributed by atoms with Gasteiger partial charge < -0.3 is 10.2 Å². The van der Waals surface area contributed by atoms with Crippen LogP contribution in [0.15, 0.2) is 23.8 Å². The van der Waals surface area contributed by atoms with E-state index < -0.39 is 0 Å². The molecular formula is C28H51NO2. The molecule has 0 aromatic carbocycles. The summed E-state index contributed by atoms with van der Waals surface area (Å²) in [5, 5.41) is 20.5. The zero-order chi connectivity index (χ0) is 22.7. The van der Waals surface area contributed by atoms with Gasteiger partial charge in [0.25, 0.3) is 0 Å². The van der Waals surface area contributed by atoms with Gasteiger partial charge in [0.15, 0.2) is 11.8 Å². The van der Waals surface area contributed by atoms with E-state index in [1.807, 2.05) is 0 Å². The topological polar surface area (TPSA) is 45.4 Å². The highest BCUT2D eigenvalue weighted by Gasteiger charge is 2.19. The summed E-state index contributed by atoms with van der Waals surface area (Å²) in [5.74, 6) is 0.331. The van der Waals surface area contributed by atoms with E-state index in [2.05, 4.69) is 26.8 Å². The van der Waals surface area contributed by atoms with Crippen molar-refractivity contribution in [3.63, 3.8) is 0 Å². The summed E-state index contributed by atoms with van der Waals surface area (Å²) in [5.41, 5.74) is 1.26. The number of nitrogens with zero attached hydrogens (tertiary/aromatic N) is 1. The van der Waals surface area contributed by atoms with Gasteiger partial charge in [0.2, 0.25) is 0 Å². The van der Waals surface area contributed by atoms with E-state index >= 15 is 0 Å². The van der Waals surface area contributed by atoms with Crippen LogP contribution in [-0.2, 0) is 0 Å². The molecule has 0 bridgehead atoms. The second-order valence-electron chi connectivity index (χ2n) is 9.41. The Morgan fingerprint density at radius 1 is 0.710 bits per heavy atom. The van der Waals surface area contributed by atoms with Gasteiger partial charge in [-0.2, -0.15) is 0 Å². The third-order valence-corrected chi connectivity index (χ3v) is 6.57. The standard InChI is InChI=1S/C28H51NO2/c1-4-6-8-10-11-12-13-14-15-16-17-18-20-22-26(25(3)21-19-9-7-5-2)29-27(30)23-24-28(29)31/h21,23-24,26,30-31H,4-20,22H2,1-3H3. The molecule has 0 saturated carbocycles. The molecule has 0 aliphatic heterocycles. The molecule has 31 heavy (non-hydrogen) atoms. The smallest absolute Gasteiger partial charge is 0.194 e. The number of rotatable bonds is 20. The number of unbranched alkanes of at least 4 members (excludes halogenated alkanes) is 15. The summed E-state index contributed by atoms with van der Waals surface area (Å²) in [6, 6.07) is 3.25. The van der Waals surface area contributed by atoms with E-state index in [0.29, 0.717) is 0 Å². The minimum Gasteiger partial charge on any atom is -0.494 e. The number of aromatic nitrogens is 1. The van der Waals surface area contributed by atoms with E-state index in [-0.39, 0.29) is 17.8 Å². The molecule has 1 aromatic rings. The van der Waals surface area contributed by atoms with Crippen LogP contribution in [-0.4, -0.2) is 14.8 Å². The zero-order valence-electron chi connectivity index (χ0n) is 20.9. The molecule has 1 rings (SSSR count). The number of hydrogen-bond donors (Lipinski definition) is 2. The first kappa shape index (κ1) is 27.7. The maximum atomic E-state index is 10.2. The molecule has 0 saturated heterocycles. The largest absolute Gasteiger partial charge is 0.494 e. The van der Waals surface area contributed by atoms with Crippen molar-refractivity contribution in [2.24, 2.45) is 0 Å². The van der Waals surface area contributed by atoms with Gasteiger partial charge in [0.1, 0.15) is 0 Å². The van der Waals surface area contributed by atoms with Gasteiger partial charge in [-0.15, -0.1) is 0 Å². The lowest BCUT2D eigenvalue weighted by Crippen LogP contribution is -2.10. The van der Waals surface area contributed by atoms with E-state index in [1.54, 1.807) is 16.7 Å². The molecule has 3 nitrogen and oxygen atoms in total. The van der Waals surface area contributed by atoms with Crippen molar-refractivity contribution in [2.75, 3.05) is 0 Å². The minimum absolute atomic E-state index is 0.0596. The fraction of sp³-hybridized carbons (Fsp3) is 0.786. The first-order valence-corrected chi connectivity index (χ1v) is 13.4. The Balaban J connectivity index is 2.28. The Morgan fingerprint density at radius 3 is 1.61 bits per heavy atom. The normalized spacial score (nSPS) is 13.1. The van der Waals surface area contributed by atoms with Crippen molar-refractivity contribution in [3.05, 3.63) is 23.8 Å². The molecule has 0 aliphatic rings. The number of aromatic hydroxyl groups is 2. The van der Waals surface area contributed by atoms with Gasteiger partial charge in [0.05, 0.1) is 6.04 Å². The van der Waals surface area contributed by atoms with Crippen LogP contribution in [0.1, 0.15) is 142 Å². The zero-order valence-corrected chi connectivity index (χ0v) is 20.9. The third kappa shape index (κ3) is 12.3. The monoisotopic (exact) mass is 433 g/mol. The molecule has 0 fully saturated rings. The van der Waals surface area contributed by atoms with Gasteiger partial charge in [-0.1, -0.05) is 122 Å². The minimum atomic E-state index is 0.0596. The molecule has 0 amide bonds. The van der Waals surface area contributed by atoms with Crippen LogP contribution >= 0.6 is 0 Å². The second-order valence-corrected chi connectivity index (χ2v) is 9.41. The van der Waals surface area contributed by atoms with Crippen molar-refractivity contribution >= 4 is 0 Å². The number of allylic oxidation sites excluding steroid dienone is 2. The summed E-state index contributed by atoms with van der Waals surface area (Å²) in [6.07, 6.45) is 25.7. The lowest BCUT2D eigenvalue weighted by atomic mass is 9.98. The predicted octanol–water partition coefficient (Wildman–Crippen LogP) is 9.45. The molecule has 1 aromatic heterocycles. The highest BCUT2D eigenvalue weighted by Crippen LogP contribution is 2.34. The van der Waals surface area contributed by atoms with Crippen molar-refractivity contribution in [3.8, 4) is 11.8 Å². The molecule has 0 aliphatic carbocycles. The molecule has 1 heterocycles. The van der Waals surface area contributed by atoms with Crippen molar-refractivity contribution < 1.29 is 10.2 Å². The summed E-state index contributed by atoms with van der Waals surface area (Å²) < 4.78 is 1.70. The lowest BCUT2D eigenvalue weighted by molar-refractivity contribution is 0.336. The van der Waals surface area contributed by atoms with Gasteiger partial charge in [-0.05, 0) is 26.2 Å². The summed E-state index contributed by atoms with van der Waals surface area (Å²) >= 11 is 0. The SMILES string of the molecule is CCCCCC=C(C)C(CCCCCCCCCCCCCCC)n1c(O)ccc1O. The Kier molecular flexibility index (Phi) is 16.3. The average Bonchev–Trinajstić information content (AvgIpc) is 3.09. The van der Waals surface area contributed by atoms with Crippen LogP contribution in [0, 0.1) is 0 Å². The highest BCUT2D eigenvalue weighted by atomic mass is 16.3. The molecule has 2 N–H and O–H groups in total. The molecule has 1 atom stereocenters. The van der Waals surface area contributed by atoms with Gasteiger partial charge >= 0.3 is 0 Å². The Hall–Kier alpha value is -1.38.